The van der Waals surface area contributed by atoms with Gasteiger partial charge in [0.2, 0.25) is 0 Å². The number of carbonyl (C=O) groups is 2. The molecule has 0 fully saturated rings. The summed E-state index contributed by atoms with van der Waals surface area (Å²) in [5.41, 5.74) is -1.65. The van der Waals surface area contributed by atoms with Crippen LogP contribution in [0.5, 0.6) is 0 Å². The Labute approximate surface area is 232 Å². The van der Waals surface area contributed by atoms with Crippen LogP contribution in [0, 0.1) is 0 Å². The SMILES string of the molecule is CC(C)(C)OC(=O)N1CC=C(c2cc3n(n2)CCCN(C(=O)OCc2cc(C(F)(F)F)cc(C(F)(F)F)c2)C3)CC1. The van der Waals surface area contributed by atoms with Crippen LogP contribution >= 0.6 is 0 Å². The van der Waals surface area contributed by atoms with E-state index in [9.17, 15) is 35.9 Å². The molecule has 0 N–H and O–H groups in total. The van der Waals surface area contributed by atoms with E-state index >= 15 is 0 Å². The van der Waals surface area contributed by atoms with Crippen molar-refractivity contribution in [3.63, 3.8) is 0 Å². The third-order valence-electron chi connectivity index (χ3n) is 6.47. The van der Waals surface area contributed by atoms with E-state index in [-0.39, 0.29) is 19.2 Å². The zero-order valence-corrected chi connectivity index (χ0v) is 22.7. The maximum Gasteiger partial charge on any atom is 0.416 e. The summed E-state index contributed by atoms with van der Waals surface area (Å²) >= 11 is 0. The number of carbonyl (C=O) groups excluding carboxylic acids is 2. The van der Waals surface area contributed by atoms with E-state index in [4.69, 9.17) is 9.47 Å². The molecule has 1 aromatic heterocycles. The van der Waals surface area contributed by atoms with E-state index in [1.165, 1.54) is 4.90 Å². The quantitative estimate of drug-likeness (QED) is 0.384. The summed E-state index contributed by atoms with van der Waals surface area (Å²) in [4.78, 5) is 28.0. The predicted octanol–water partition coefficient (Wildman–Crippen LogP) is 6.49. The summed E-state index contributed by atoms with van der Waals surface area (Å²) in [7, 11) is 0. The fourth-order valence-corrected chi connectivity index (χ4v) is 4.51. The maximum atomic E-state index is 13.1. The van der Waals surface area contributed by atoms with Crippen molar-refractivity contribution < 1.29 is 45.4 Å². The van der Waals surface area contributed by atoms with Gasteiger partial charge in [-0.05, 0) is 69.0 Å². The number of halogens is 6. The lowest BCUT2D eigenvalue weighted by Crippen LogP contribution is -2.39. The van der Waals surface area contributed by atoms with E-state index < -0.39 is 53.4 Å². The Morgan fingerprint density at radius 2 is 1.54 bits per heavy atom. The van der Waals surface area contributed by atoms with Gasteiger partial charge in [0.15, 0.2) is 0 Å². The second-order valence-corrected chi connectivity index (χ2v) is 10.9. The van der Waals surface area contributed by atoms with Gasteiger partial charge in [0, 0.05) is 26.2 Å². The Kier molecular flexibility index (Phi) is 8.33. The predicted molar refractivity (Wildman–Crippen MR) is 134 cm³/mol. The minimum atomic E-state index is -5.00. The van der Waals surface area contributed by atoms with Crippen molar-refractivity contribution in [1.82, 2.24) is 19.6 Å². The molecule has 2 aromatic rings. The van der Waals surface area contributed by atoms with Crippen molar-refractivity contribution in [2.75, 3.05) is 19.6 Å². The van der Waals surface area contributed by atoms with Gasteiger partial charge in [-0.2, -0.15) is 31.4 Å². The lowest BCUT2D eigenvalue weighted by Gasteiger charge is -2.29. The van der Waals surface area contributed by atoms with Crippen molar-refractivity contribution in [1.29, 1.82) is 0 Å². The molecule has 0 saturated carbocycles. The van der Waals surface area contributed by atoms with Gasteiger partial charge < -0.3 is 19.3 Å². The highest BCUT2D eigenvalue weighted by molar-refractivity contribution is 5.72. The number of amides is 2. The number of rotatable bonds is 3. The van der Waals surface area contributed by atoms with Gasteiger partial charge in [-0.3, -0.25) is 4.68 Å². The van der Waals surface area contributed by atoms with Crippen LogP contribution in [0.3, 0.4) is 0 Å². The number of hydrogen-bond acceptors (Lipinski definition) is 5. The number of alkyl halides is 6. The van der Waals surface area contributed by atoms with E-state index in [0.717, 1.165) is 5.57 Å². The molecule has 0 unspecified atom stereocenters. The summed E-state index contributed by atoms with van der Waals surface area (Å²) in [6.45, 7) is 6.30. The Hall–Kier alpha value is -3.71. The molecule has 14 heteroatoms. The Bertz CT molecular complexity index is 1290. The number of ether oxygens (including phenoxy) is 2. The van der Waals surface area contributed by atoms with Crippen molar-refractivity contribution in [3.8, 4) is 0 Å². The van der Waals surface area contributed by atoms with E-state index in [0.29, 0.717) is 56.0 Å². The molecule has 0 saturated heterocycles. The first kappa shape index (κ1) is 30.3. The minimum Gasteiger partial charge on any atom is -0.445 e. The van der Waals surface area contributed by atoms with E-state index in [2.05, 4.69) is 5.10 Å². The molecule has 3 heterocycles. The number of aryl methyl sites for hydroxylation is 1. The number of benzene rings is 1. The van der Waals surface area contributed by atoms with Crippen LogP contribution in [0.25, 0.3) is 5.57 Å². The van der Waals surface area contributed by atoms with Gasteiger partial charge >= 0.3 is 24.5 Å². The monoisotopic (exact) mass is 588 g/mol. The number of hydrogen-bond donors (Lipinski definition) is 0. The Morgan fingerprint density at radius 3 is 2.10 bits per heavy atom. The molecule has 0 spiro atoms. The molecule has 4 rings (SSSR count). The van der Waals surface area contributed by atoms with Crippen molar-refractivity contribution in [2.24, 2.45) is 0 Å². The summed E-state index contributed by atoms with van der Waals surface area (Å²) in [6.07, 6.45) is -8.30. The zero-order valence-electron chi connectivity index (χ0n) is 22.7. The van der Waals surface area contributed by atoms with Gasteiger partial charge in [0.05, 0.1) is 29.1 Å². The van der Waals surface area contributed by atoms with Gasteiger partial charge in [-0.15, -0.1) is 0 Å². The van der Waals surface area contributed by atoms with E-state index in [1.807, 2.05) is 12.1 Å². The molecule has 0 radical (unpaired) electrons. The topological polar surface area (TPSA) is 76.9 Å². The van der Waals surface area contributed by atoms with Crippen molar-refractivity contribution >= 4 is 17.8 Å². The normalized spacial score (nSPS) is 16.6. The Morgan fingerprint density at radius 1 is 0.878 bits per heavy atom. The van der Waals surface area contributed by atoms with Gasteiger partial charge in [-0.25, -0.2) is 9.59 Å². The summed E-state index contributed by atoms with van der Waals surface area (Å²) in [6, 6.07) is 2.92. The molecule has 0 bridgehead atoms. The standard InChI is InChI=1S/C27H30F6N4O4/c1-25(2,3)41-24(39)35-9-5-18(6-10-35)22-14-21-15-36(7-4-8-37(21)34-22)23(38)40-16-17-11-19(26(28,29)30)13-20(12-17)27(31,32)33/h5,11-14H,4,6-10,15-16H2,1-3H3. The first-order valence-electron chi connectivity index (χ1n) is 12.9. The highest BCUT2D eigenvalue weighted by atomic mass is 19.4. The molecule has 1 aromatic carbocycles. The number of nitrogens with zero attached hydrogens (tertiary/aromatic N) is 4. The van der Waals surface area contributed by atoms with Crippen molar-refractivity contribution in [2.45, 2.75) is 71.3 Å². The first-order valence-corrected chi connectivity index (χ1v) is 12.9. The molecule has 2 aliphatic heterocycles. The van der Waals surface area contributed by atoms with Crippen LogP contribution in [0.4, 0.5) is 35.9 Å². The average molecular weight is 589 g/mol. The average Bonchev–Trinajstić information content (AvgIpc) is 3.16. The fraction of sp³-hybridized carbons (Fsp3) is 0.519. The van der Waals surface area contributed by atoms with Gasteiger partial charge in [-0.1, -0.05) is 6.08 Å². The molecule has 41 heavy (non-hydrogen) atoms. The number of aromatic nitrogens is 2. The Balaban J connectivity index is 1.41. The van der Waals surface area contributed by atoms with Gasteiger partial charge in [0.25, 0.3) is 0 Å². The van der Waals surface area contributed by atoms with Crippen molar-refractivity contribution in [3.05, 3.63) is 58.4 Å². The molecule has 0 atom stereocenters. The van der Waals surface area contributed by atoms with E-state index in [1.54, 1.807) is 30.4 Å². The molecular weight excluding hydrogens is 558 g/mol. The zero-order chi connectivity index (χ0) is 30.2. The first-order chi connectivity index (χ1) is 19.0. The highest BCUT2D eigenvalue weighted by Crippen LogP contribution is 2.36. The lowest BCUT2D eigenvalue weighted by atomic mass is 10.0. The summed E-state index contributed by atoms with van der Waals surface area (Å²) in [5.74, 6) is 0. The molecule has 2 aliphatic rings. The van der Waals surface area contributed by atoms with Crippen LogP contribution in [0.15, 0.2) is 30.3 Å². The number of fused-ring (bicyclic) bond motifs is 1. The summed E-state index contributed by atoms with van der Waals surface area (Å²) in [5, 5.41) is 4.64. The van der Waals surface area contributed by atoms with Crippen LogP contribution in [-0.2, 0) is 41.5 Å². The molecule has 0 aliphatic carbocycles. The molecular formula is C27H30F6N4O4. The highest BCUT2D eigenvalue weighted by Gasteiger charge is 2.37. The van der Waals surface area contributed by atoms with Gasteiger partial charge in [0.1, 0.15) is 12.2 Å². The molecule has 2 amide bonds. The maximum absolute atomic E-state index is 13.1. The smallest absolute Gasteiger partial charge is 0.416 e. The van der Waals surface area contributed by atoms with Crippen LogP contribution < -0.4 is 0 Å². The van der Waals surface area contributed by atoms with Crippen LogP contribution in [0.1, 0.15) is 61.7 Å². The second kappa shape index (κ2) is 11.3. The lowest BCUT2D eigenvalue weighted by molar-refractivity contribution is -0.143. The molecule has 8 nitrogen and oxygen atoms in total. The largest absolute Gasteiger partial charge is 0.445 e. The second-order valence-electron chi connectivity index (χ2n) is 10.9. The third kappa shape index (κ3) is 7.73. The fourth-order valence-electron chi connectivity index (χ4n) is 4.51. The molecule has 224 valence electrons. The van der Waals surface area contributed by atoms with Crippen LogP contribution in [0.2, 0.25) is 0 Å². The third-order valence-corrected chi connectivity index (χ3v) is 6.47. The van der Waals surface area contributed by atoms with Crippen LogP contribution in [-0.4, -0.2) is 57.0 Å². The minimum absolute atomic E-state index is 0.0235. The summed E-state index contributed by atoms with van der Waals surface area (Å²) < 4.78 is 91.2.